The maximum Gasteiger partial charge on any atom is 4.00 e. The summed E-state index contributed by atoms with van der Waals surface area (Å²) in [6, 6.07) is 26.4. The van der Waals surface area contributed by atoms with Gasteiger partial charge in [-0.25, -0.2) is 0 Å². The van der Waals surface area contributed by atoms with Crippen molar-refractivity contribution in [2.75, 3.05) is 0 Å². The molecule has 4 aromatic rings. The number of hydrogen-bond donors (Lipinski definition) is 0. The Balaban J connectivity index is 0.000000490. The van der Waals surface area contributed by atoms with E-state index in [1.807, 2.05) is 0 Å². The van der Waals surface area contributed by atoms with Crippen LogP contribution in [0.1, 0.15) is 50.7 Å². The van der Waals surface area contributed by atoms with Crippen LogP contribution in [-0.2, 0) is 34.6 Å². The molecule has 0 radical (unpaired) electrons. The van der Waals surface area contributed by atoms with Crippen LogP contribution in [0.2, 0.25) is 0 Å². The Bertz CT molecular complexity index is 792. The molecule has 0 atom stereocenters. The molecule has 0 bridgehead atoms. The number of hydrogen-bond acceptors (Lipinski definition) is 0. The molecule has 0 saturated carbocycles. The number of rotatable bonds is 6. The van der Waals surface area contributed by atoms with Gasteiger partial charge in [0.15, 0.2) is 0 Å². The Labute approximate surface area is 203 Å². The molecular formula is C26H30Cl2Ti. The Hall–Kier alpha value is -1.05. The van der Waals surface area contributed by atoms with E-state index in [9.17, 15) is 0 Å². The largest absolute Gasteiger partial charge is 4.00 e. The minimum Gasteiger partial charge on any atom is -1.00 e. The fraction of sp³-hybridized carbons (Fsp3) is 0.308. The topological polar surface area (TPSA) is 0 Å². The summed E-state index contributed by atoms with van der Waals surface area (Å²) in [5.41, 5.74) is 2.98. The van der Waals surface area contributed by atoms with E-state index in [2.05, 4.69) is 86.6 Å². The van der Waals surface area contributed by atoms with Gasteiger partial charge in [-0.3, -0.25) is 0 Å². The zero-order valence-electron chi connectivity index (χ0n) is 17.4. The quantitative estimate of drug-likeness (QED) is 0.304. The summed E-state index contributed by atoms with van der Waals surface area (Å²) in [7, 11) is 0. The first-order valence-corrected chi connectivity index (χ1v) is 10.1. The summed E-state index contributed by atoms with van der Waals surface area (Å²) in [4.78, 5) is 0. The van der Waals surface area contributed by atoms with Crippen LogP contribution >= 0.6 is 0 Å². The maximum atomic E-state index is 2.31. The third kappa shape index (κ3) is 8.31. The molecule has 0 nitrogen and oxygen atoms in total. The zero-order chi connectivity index (χ0) is 18.2. The number of unbranched alkanes of at least 4 members (excludes halogenated alkanes) is 2. The second kappa shape index (κ2) is 14.9. The van der Waals surface area contributed by atoms with Crippen LogP contribution in [0.25, 0.3) is 21.5 Å². The minimum absolute atomic E-state index is 0. The SMILES string of the molecule is CCCCc1cc2ccccc2[cH-]1.CCCCc1cc2ccccc2[cH-]1.[Cl-].[Cl-].[Ti+4]. The van der Waals surface area contributed by atoms with Crippen molar-refractivity contribution in [2.45, 2.75) is 52.4 Å². The van der Waals surface area contributed by atoms with E-state index in [-0.39, 0.29) is 46.5 Å². The average molecular weight is 461 g/mol. The van der Waals surface area contributed by atoms with E-state index in [4.69, 9.17) is 0 Å². The molecule has 3 heteroatoms. The molecule has 152 valence electrons. The van der Waals surface area contributed by atoms with Gasteiger partial charge in [-0.1, -0.05) is 51.7 Å². The van der Waals surface area contributed by atoms with Crippen LogP contribution in [0.4, 0.5) is 0 Å². The van der Waals surface area contributed by atoms with Crippen molar-refractivity contribution >= 4 is 21.5 Å². The number of benzene rings is 2. The third-order valence-electron chi connectivity index (χ3n) is 4.99. The fourth-order valence-electron chi connectivity index (χ4n) is 3.48. The van der Waals surface area contributed by atoms with Crippen molar-refractivity contribution in [2.24, 2.45) is 0 Å². The zero-order valence-corrected chi connectivity index (χ0v) is 20.5. The van der Waals surface area contributed by atoms with Crippen LogP contribution in [0.5, 0.6) is 0 Å². The van der Waals surface area contributed by atoms with Crippen molar-refractivity contribution in [3.05, 3.63) is 83.9 Å². The molecular weight excluding hydrogens is 431 g/mol. The molecule has 0 spiro atoms. The van der Waals surface area contributed by atoms with Gasteiger partial charge in [0.1, 0.15) is 0 Å². The molecule has 29 heavy (non-hydrogen) atoms. The molecule has 0 N–H and O–H groups in total. The van der Waals surface area contributed by atoms with Crippen molar-refractivity contribution < 1.29 is 46.5 Å². The van der Waals surface area contributed by atoms with Crippen molar-refractivity contribution in [3.63, 3.8) is 0 Å². The summed E-state index contributed by atoms with van der Waals surface area (Å²) >= 11 is 0. The molecule has 4 aromatic carbocycles. The minimum atomic E-state index is 0. The fourth-order valence-corrected chi connectivity index (χ4v) is 3.48. The van der Waals surface area contributed by atoms with E-state index in [0.717, 1.165) is 0 Å². The summed E-state index contributed by atoms with van der Waals surface area (Å²) in [5.74, 6) is 0. The van der Waals surface area contributed by atoms with Gasteiger partial charge in [-0.05, 0) is 12.8 Å². The van der Waals surface area contributed by atoms with Crippen molar-refractivity contribution in [1.29, 1.82) is 0 Å². The van der Waals surface area contributed by atoms with Gasteiger partial charge in [0.2, 0.25) is 0 Å². The molecule has 0 unspecified atom stereocenters. The molecule has 0 amide bonds. The van der Waals surface area contributed by atoms with Gasteiger partial charge in [0, 0.05) is 0 Å². The summed E-state index contributed by atoms with van der Waals surface area (Å²) < 4.78 is 0. The van der Waals surface area contributed by atoms with Crippen LogP contribution in [0.3, 0.4) is 0 Å². The Morgan fingerprint density at radius 2 is 1.00 bits per heavy atom. The molecule has 0 saturated heterocycles. The van der Waals surface area contributed by atoms with E-state index >= 15 is 0 Å². The van der Waals surface area contributed by atoms with E-state index in [0.29, 0.717) is 0 Å². The van der Waals surface area contributed by atoms with E-state index in [1.54, 1.807) is 0 Å². The Kier molecular flexibility index (Phi) is 14.3. The maximum absolute atomic E-state index is 2.31. The van der Waals surface area contributed by atoms with Gasteiger partial charge < -0.3 is 24.8 Å². The Morgan fingerprint density at radius 3 is 1.34 bits per heavy atom. The second-order valence-corrected chi connectivity index (χ2v) is 7.19. The molecule has 0 heterocycles. The van der Waals surface area contributed by atoms with Crippen molar-refractivity contribution in [3.8, 4) is 0 Å². The van der Waals surface area contributed by atoms with Gasteiger partial charge in [0.05, 0.1) is 0 Å². The van der Waals surface area contributed by atoms with Gasteiger partial charge in [0.25, 0.3) is 0 Å². The van der Waals surface area contributed by atoms with Crippen LogP contribution in [0.15, 0.2) is 72.8 Å². The Morgan fingerprint density at radius 1 is 0.621 bits per heavy atom. The summed E-state index contributed by atoms with van der Waals surface area (Å²) in [6.07, 6.45) is 7.62. The molecule has 0 aliphatic rings. The van der Waals surface area contributed by atoms with Crippen LogP contribution < -0.4 is 24.8 Å². The second-order valence-electron chi connectivity index (χ2n) is 7.19. The smallest absolute Gasteiger partial charge is 1.00 e. The standard InChI is InChI=1S/2C13H15.2ClH.Ti/c2*1-2-3-6-11-9-12-7-4-5-8-13(12)10-11;;;/h2*4-5,7-10H,2-3,6H2,1H3;2*1H;/q2*-1;;;+4/p-2. The first kappa shape index (κ1) is 28.0. The van der Waals surface area contributed by atoms with Crippen LogP contribution in [0, 0.1) is 0 Å². The molecule has 0 fully saturated rings. The monoisotopic (exact) mass is 460 g/mol. The normalized spacial score (nSPS) is 9.72. The molecule has 0 aliphatic heterocycles. The predicted molar refractivity (Wildman–Crippen MR) is 116 cm³/mol. The summed E-state index contributed by atoms with van der Waals surface area (Å²) in [5, 5.41) is 5.53. The number of aryl methyl sites for hydroxylation is 2. The van der Waals surface area contributed by atoms with Crippen LogP contribution in [-0.4, -0.2) is 0 Å². The van der Waals surface area contributed by atoms with Gasteiger partial charge in [-0.15, -0.1) is 81.2 Å². The molecule has 0 aliphatic carbocycles. The van der Waals surface area contributed by atoms with E-state index < -0.39 is 0 Å². The summed E-state index contributed by atoms with van der Waals surface area (Å²) in [6.45, 7) is 4.48. The first-order valence-electron chi connectivity index (χ1n) is 10.1. The first-order chi connectivity index (χ1) is 12.8. The van der Waals surface area contributed by atoms with Gasteiger partial charge >= 0.3 is 21.7 Å². The molecule has 0 aromatic heterocycles. The third-order valence-corrected chi connectivity index (χ3v) is 4.99. The van der Waals surface area contributed by atoms with Crippen molar-refractivity contribution in [1.82, 2.24) is 0 Å². The predicted octanol–water partition coefficient (Wildman–Crippen LogP) is 1.81. The number of fused-ring (bicyclic) bond motifs is 2. The van der Waals surface area contributed by atoms with E-state index in [1.165, 1.54) is 71.2 Å². The van der Waals surface area contributed by atoms with Gasteiger partial charge in [-0.2, -0.15) is 12.1 Å². The number of halogens is 2. The molecule has 4 rings (SSSR count). The average Bonchev–Trinajstić information content (AvgIpc) is 3.28.